The number of benzene rings is 1. The lowest BCUT2D eigenvalue weighted by Crippen LogP contribution is -2.41. The Morgan fingerprint density at radius 2 is 1.92 bits per heavy atom. The van der Waals surface area contributed by atoms with Crippen molar-refractivity contribution >= 4 is 17.8 Å². The third kappa shape index (κ3) is 5.04. The number of hydrogen-bond acceptors (Lipinski definition) is 3. The minimum Gasteiger partial charge on any atom is -0.348 e. The third-order valence-corrected chi connectivity index (χ3v) is 3.63. The Hall–Kier alpha value is -2.44. The van der Waals surface area contributed by atoms with Crippen LogP contribution in [0.3, 0.4) is 0 Å². The lowest BCUT2D eigenvalue weighted by Gasteiger charge is -2.28. The summed E-state index contributed by atoms with van der Waals surface area (Å²) in [6, 6.07) is 5.10. The average Bonchev–Trinajstić information content (AvgIpc) is 2.75. The summed E-state index contributed by atoms with van der Waals surface area (Å²) in [5.41, 5.74) is 0.731. The van der Waals surface area contributed by atoms with Crippen molar-refractivity contribution in [3.05, 3.63) is 35.6 Å². The molecular weight excluding hydrogens is 313 g/mol. The molecule has 1 saturated heterocycles. The molecule has 2 N–H and O–H groups in total. The molecule has 0 unspecified atom stereocenters. The van der Waals surface area contributed by atoms with E-state index < -0.39 is 11.9 Å². The van der Waals surface area contributed by atoms with Gasteiger partial charge in [-0.15, -0.1) is 0 Å². The number of nitrogens with one attached hydrogen (secondary N) is 2. The second kappa shape index (κ2) is 6.98. The van der Waals surface area contributed by atoms with Gasteiger partial charge in [-0.1, -0.05) is 32.9 Å². The Morgan fingerprint density at radius 3 is 2.42 bits per heavy atom. The van der Waals surface area contributed by atoms with Gasteiger partial charge in [-0.25, -0.2) is 9.18 Å². The molecule has 1 aliphatic rings. The number of amides is 4. The molecule has 1 aromatic carbocycles. The van der Waals surface area contributed by atoms with Crippen LogP contribution in [0.2, 0.25) is 0 Å². The molecule has 2 rings (SSSR count). The molecular formula is C17H22FN3O3. The average molecular weight is 335 g/mol. The molecule has 0 radical (unpaired) electrons. The van der Waals surface area contributed by atoms with E-state index in [1.54, 1.807) is 12.1 Å². The number of carbonyl (C=O) groups is 3. The van der Waals surface area contributed by atoms with Gasteiger partial charge in [-0.05, 0) is 29.5 Å². The fraction of sp³-hybridized carbons (Fsp3) is 0.471. The van der Waals surface area contributed by atoms with Gasteiger partial charge in [0, 0.05) is 0 Å². The summed E-state index contributed by atoms with van der Waals surface area (Å²) in [5.74, 6) is -1.12. The van der Waals surface area contributed by atoms with E-state index in [0.29, 0.717) is 6.42 Å². The maximum Gasteiger partial charge on any atom is 0.325 e. The van der Waals surface area contributed by atoms with Crippen molar-refractivity contribution in [1.29, 1.82) is 0 Å². The maximum absolute atomic E-state index is 13.1. The minimum absolute atomic E-state index is 0.0622. The molecule has 130 valence electrons. The molecule has 1 atom stereocenters. The standard InChI is InChI=1S/C17H22FN3O3/c1-17(2,3)8-13(11-4-6-12(18)7-5-11)19-14(22)9-21-10-15(23)20-16(21)24/h4-7,13H,8-10H2,1-3H3,(H,19,22)(H,20,23,24)/t13-/m1/s1. The summed E-state index contributed by atoms with van der Waals surface area (Å²) >= 11 is 0. The van der Waals surface area contributed by atoms with Crippen LogP contribution in [0.5, 0.6) is 0 Å². The van der Waals surface area contributed by atoms with E-state index >= 15 is 0 Å². The lowest BCUT2D eigenvalue weighted by molar-refractivity contribution is -0.122. The maximum atomic E-state index is 13.1. The van der Waals surface area contributed by atoms with Crippen molar-refractivity contribution in [2.75, 3.05) is 13.1 Å². The van der Waals surface area contributed by atoms with Crippen molar-refractivity contribution in [3.63, 3.8) is 0 Å². The van der Waals surface area contributed by atoms with Crippen LogP contribution in [0.1, 0.15) is 38.8 Å². The second-order valence-corrected chi connectivity index (χ2v) is 7.15. The van der Waals surface area contributed by atoms with E-state index in [2.05, 4.69) is 10.6 Å². The highest BCUT2D eigenvalue weighted by atomic mass is 19.1. The zero-order chi connectivity index (χ0) is 17.9. The highest BCUT2D eigenvalue weighted by molar-refractivity contribution is 6.03. The van der Waals surface area contributed by atoms with E-state index in [0.717, 1.165) is 10.5 Å². The number of halogens is 1. The summed E-state index contributed by atoms with van der Waals surface area (Å²) in [6.45, 7) is 5.82. The van der Waals surface area contributed by atoms with Gasteiger partial charge < -0.3 is 10.2 Å². The predicted molar refractivity (Wildman–Crippen MR) is 86.5 cm³/mol. The molecule has 1 heterocycles. The van der Waals surface area contributed by atoms with Crippen LogP contribution >= 0.6 is 0 Å². The molecule has 7 heteroatoms. The van der Waals surface area contributed by atoms with Gasteiger partial charge in [0.15, 0.2) is 0 Å². The number of nitrogens with zero attached hydrogens (tertiary/aromatic N) is 1. The molecule has 0 spiro atoms. The Labute approximate surface area is 140 Å². The summed E-state index contributed by atoms with van der Waals surface area (Å²) in [4.78, 5) is 36.1. The highest BCUT2D eigenvalue weighted by Gasteiger charge is 2.29. The predicted octanol–water partition coefficient (Wildman–Crippen LogP) is 1.97. The Balaban J connectivity index is 2.07. The van der Waals surface area contributed by atoms with Crippen LogP contribution in [0, 0.1) is 11.2 Å². The largest absolute Gasteiger partial charge is 0.348 e. The first kappa shape index (κ1) is 17.9. The molecule has 6 nitrogen and oxygen atoms in total. The van der Waals surface area contributed by atoms with Gasteiger partial charge in [0.1, 0.15) is 18.9 Å². The number of carbonyl (C=O) groups excluding carboxylic acids is 3. The number of imide groups is 1. The molecule has 0 aliphatic carbocycles. The molecule has 1 aromatic rings. The van der Waals surface area contributed by atoms with Crippen LogP contribution in [-0.4, -0.2) is 35.8 Å². The normalized spacial score (nSPS) is 16.1. The minimum atomic E-state index is -0.565. The molecule has 0 bridgehead atoms. The van der Waals surface area contributed by atoms with Crippen LogP contribution in [-0.2, 0) is 9.59 Å². The fourth-order valence-corrected chi connectivity index (χ4v) is 2.58. The summed E-state index contributed by atoms with van der Waals surface area (Å²) in [6.07, 6.45) is 0.648. The van der Waals surface area contributed by atoms with Crippen LogP contribution in [0.15, 0.2) is 24.3 Å². The van der Waals surface area contributed by atoms with Gasteiger partial charge in [-0.2, -0.15) is 0 Å². The van der Waals surface area contributed by atoms with Crippen molar-refractivity contribution in [2.45, 2.75) is 33.2 Å². The molecule has 0 aromatic heterocycles. The zero-order valence-electron chi connectivity index (χ0n) is 14.1. The lowest BCUT2D eigenvalue weighted by atomic mass is 9.85. The quantitative estimate of drug-likeness (QED) is 0.808. The van der Waals surface area contributed by atoms with Gasteiger partial charge >= 0.3 is 6.03 Å². The van der Waals surface area contributed by atoms with E-state index in [1.165, 1.54) is 12.1 Å². The number of urea groups is 1. The molecule has 1 fully saturated rings. The highest BCUT2D eigenvalue weighted by Crippen LogP contribution is 2.29. The monoisotopic (exact) mass is 335 g/mol. The SMILES string of the molecule is CC(C)(C)C[C@@H](NC(=O)CN1CC(=O)NC1=O)c1ccc(F)cc1. The number of hydrogen-bond donors (Lipinski definition) is 2. The van der Waals surface area contributed by atoms with Gasteiger partial charge in [0.2, 0.25) is 11.8 Å². The first-order valence-corrected chi connectivity index (χ1v) is 7.78. The summed E-state index contributed by atoms with van der Waals surface area (Å²) in [7, 11) is 0. The Bertz CT molecular complexity index is 637. The van der Waals surface area contributed by atoms with Crippen molar-refractivity contribution in [2.24, 2.45) is 5.41 Å². The van der Waals surface area contributed by atoms with E-state index in [4.69, 9.17) is 0 Å². The molecule has 0 saturated carbocycles. The van der Waals surface area contributed by atoms with Gasteiger partial charge in [0.05, 0.1) is 6.04 Å². The Kier molecular flexibility index (Phi) is 5.21. The summed E-state index contributed by atoms with van der Waals surface area (Å²) in [5, 5.41) is 5.01. The third-order valence-electron chi connectivity index (χ3n) is 3.63. The zero-order valence-corrected chi connectivity index (χ0v) is 14.1. The molecule has 1 aliphatic heterocycles. The van der Waals surface area contributed by atoms with Crippen molar-refractivity contribution in [1.82, 2.24) is 15.5 Å². The first-order chi connectivity index (χ1) is 11.1. The van der Waals surface area contributed by atoms with Crippen LogP contribution in [0.4, 0.5) is 9.18 Å². The van der Waals surface area contributed by atoms with Gasteiger partial charge in [0.25, 0.3) is 0 Å². The fourth-order valence-electron chi connectivity index (χ4n) is 2.58. The van der Waals surface area contributed by atoms with Gasteiger partial charge in [-0.3, -0.25) is 14.9 Å². The number of rotatable bonds is 5. The van der Waals surface area contributed by atoms with Crippen LogP contribution in [0.25, 0.3) is 0 Å². The van der Waals surface area contributed by atoms with Crippen LogP contribution < -0.4 is 10.6 Å². The smallest absolute Gasteiger partial charge is 0.325 e. The topological polar surface area (TPSA) is 78.5 Å². The van der Waals surface area contributed by atoms with E-state index in [9.17, 15) is 18.8 Å². The molecule has 4 amide bonds. The van der Waals surface area contributed by atoms with E-state index in [-0.39, 0.29) is 36.3 Å². The Morgan fingerprint density at radius 1 is 1.29 bits per heavy atom. The first-order valence-electron chi connectivity index (χ1n) is 7.78. The second-order valence-electron chi connectivity index (χ2n) is 7.15. The van der Waals surface area contributed by atoms with E-state index in [1.807, 2.05) is 20.8 Å². The molecule has 24 heavy (non-hydrogen) atoms. The van der Waals surface area contributed by atoms with Crippen molar-refractivity contribution < 1.29 is 18.8 Å². The van der Waals surface area contributed by atoms with Crippen molar-refractivity contribution in [3.8, 4) is 0 Å². The summed E-state index contributed by atoms with van der Waals surface area (Å²) < 4.78 is 13.1.